The van der Waals surface area contributed by atoms with Crippen LogP contribution in [0.4, 0.5) is 5.69 Å². The number of benzene rings is 2. The smallest absolute Gasteiger partial charge is 0.0642 e. The summed E-state index contributed by atoms with van der Waals surface area (Å²) in [5.41, 5.74) is 6.20. The zero-order chi connectivity index (χ0) is 18.2. The maximum atomic E-state index is 5.60. The number of hydrogen-bond acceptors (Lipinski definition) is 3. The molecule has 5 rings (SSSR count). The fourth-order valence-electron chi connectivity index (χ4n) is 5.56. The first kappa shape index (κ1) is 17.3. The van der Waals surface area contributed by atoms with Gasteiger partial charge in [0, 0.05) is 37.8 Å². The van der Waals surface area contributed by atoms with Crippen molar-refractivity contribution < 1.29 is 4.74 Å². The molecule has 2 bridgehead atoms. The molecular formula is C24H30N2O. The Morgan fingerprint density at radius 1 is 0.926 bits per heavy atom. The zero-order valence-electron chi connectivity index (χ0n) is 16.3. The molecule has 3 aliphatic rings. The molecule has 0 radical (unpaired) electrons. The van der Waals surface area contributed by atoms with E-state index in [9.17, 15) is 0 Å². The maximum Gasteiger partial charge on any atom is 0.0642 e. The molecule has 0 saturated carbocycles. The number of ether oxygens (including phenoxy) is 1. The second kappa shape index (κ2) is 7.29. The molecule has 2 saturated heterocycles. The number of rotatable bonds is 3. The largest absolute Gasteiger partial charge is 0.378 e. The molecule has 2 fully saturated rings. The van der Waals surface area contributed by atoms with Crippen LogP contribution in [0.15, 0.2) is 48.5 Å². The molecule has 142 valence electrons. The van der Waals surface area contributed by atoms with Crippen LogP contribution in [-0.2, 0) is 11.3 Å². The van der Waals surface area contributed by atoms with Gasteiger partial charge in [-0.05, 0) is 47.6 Å². The Balaban J connectivity index is 1.45. The molecule has 2 aromatic carbocycles. The van der Waals surface area contributed by atoms with E-state index in [0.717, 1.165) is 38.8 Å². The van der Waals surface area contributed by atoms with Crippen LogP contribution in [0.25, 0.3) is 0 Å². The summed E-state index contributed by atoms with van der Waals surface area (Å²) in [5.74, 6) is 2.10. The average molecular weight is 363 g/mol. The summed E-state index contributed by atoms with van der Waals surface area (Å²) in [6, 6.07) is 18.0. The van der Waals surface area contributed by atoms with Crippen molar-refractivity contribution in [3.05, 3.63) is 65.2 Å². The second-order valence-corrected chi connectivity index (χ2v) is 8.46. The minimum Gasteiger partial charge on any atom is -0.378 e. The van der Waals surface area contributed by atoms with Crippen molar-refractivity contribution in [1.82, 2.24) is 4.90 Å². The van der Waals surface area contributed by atoms with Crippen molar-refractivity contribution in [2.45, 2.75) is 31.7 Å². The van der Waals surface area contributed by atoms with Crippen LogP contribution in [0, 0.1) is 5.92 Å². The first-order chi connectivity index (χ1) is 13.3. The Hall–Kier alpha value is -1.84. The van der Waals surface area contributed by atoms with Gasteiger partial charge in [0.15, 0.2) is 0 Å². The van der Waals surface area contributed by atoms with E-state index in [2.05, 4.69) is 65.3 Å². The van der Waals surface area contributed by atoms with E-state index in [1.165, 1.54) is 30.8 Å². The van der Waals surface area contributed by atoms with Gasteiger partial charge < -0.3 is 9.64 Å². The van der Waals surface area contributed by atoms with Gasteiger partial charge in [-0.2, -0.15) is 0 Å². The number of anilines is 1. The Bertz CT molecular complexity index is 784. The molecule has 0 aromatic heterocycles. The number of hydrogen-bond donors (Lipinski definition) is 0. The highest BCUT2D eigenvalue weighted by Gasteiger charge is 2.42. The van der Waals surface area contributed by atoms with Crippen LogP contribution in [-0.4, -0.2) is 44.3 Å². The lowest BCUT2D eigenvalue weighted by atomic mass is 9.88. The predicted molar refractivity (Wildman–Crippen MR) is 110 cm³/mol. The van der Waals surface area contributed by atoms with Crippen LogP contribution in [0.5, 0.6) is 0 Å². The number of morpholine rings is 1. The van der Waals surface area contributed by atoms with Gasteiger partial charge >= 0.3 is 0 Å². The van der Waals surface area contributed by atoms with E-state index in [0.29, 0.717) is 11.8 Å². The van der Waals surface area contributed by atoms with Gasteiger partial charge in [-0.25, -0.2) is 0 Å². The van der Waals surface area contributed by atoms with E-state index >= 15 is 0 Å². The van der Waals surface area contributed by atoms with Gasteiger partial charge in [-0.1, -0.05) is 49.4 Å². The lowest BCUT2D eigenvalue weighted by molar-refractivity contribution is 0.122. The average Bonchev–Trinajstić information content (AvgIpc) is 2.87. The number of likely N-dealkylation sites (tertiary alicyclic amines) is 1. The van der Waals surface area contributed by atoms with E-state index in [4.69, 9.17) is 4.74 Å². The highest BCUT2D eigenvalue weighted by atomic mass is 16.5. The third-order valence-corrected chi connectivity index (χ3v) is 6.97. The topological polar surface area (TPSA) is 15.7 Å². The third-order valence-electron chi connectivity index (χ3n) is 6.97. The first-order valence-corrected chi connectivity index (χ1v) is 10.5. The first-order valence-electron chi connectivity index (χ1n) is 10.5. The van der Waals surface area contributed by atoms with Crippen molar-refractivity contribution in [3.8, 4) is 0 Å². The molecule has 2 heterocycles. The molecule has 2 aliphatic heterocycles. The summed E-state index contributed by atoms with van der Waals surface area (Å²) in [7, 11) is 0. The van der Waals surface area contributed by atoms with E-state index in [1.807, 2.05) is 0 Å². The summed E-state index contributed by atoms with van der Waals surface area (Å²) in [6.45, 7) is 9.71. The predicted octanol–water partition coefficient (Wildman–Crippen LogP) is 4.25. The number of nitrogens with zero attached hydrogens (tertiary/aromatic N) is 2. The SMILES string of the molecule is CC1C2CCN(Cc3ccccc3)CC1c1c2cccc1N1CCOCC1. The quantitative estimate of drug-likeness (QED) is 0.812. The molecular weight excluding hydrogens is 332 g/mol. The third kappa shape index (κ3) is 3.17. The van der Waals surface area contributed by atoms with E-state index < -0.39 is 0 Å². The Labute approximate surface area is 162 Å². The van der Waals surface area contributed by atoms with Crippen molar-refractivity contribution in [2.24, 2.45) is 5.92 Å². The molecule has 1 aliphatic carbocycles. The van der Waals surface area contributed by atoms with Crippen LogP contribution in [0.1, 0.15) is 41.9 Å². The summed E-state index contributed by atoms with van der Waals surface area (Å²) in [6.07, 6.45) is 1.28. The highest BCUT2D eigenvalue weighted by Crippen LogP contribution is 2.53. The summed E-state index contributed by atoms with van der Waals surface area (Å²) < 4.78 is 5.60. The maximum absolute atomic E-state index is 5.60. The zero-order valence-corrected chi connectivity index (χ0v) is 16.3. The van der Waals surface area contributed by atoms with Gasteiger partial charge in [0.05, 0.1) is 13.2 Å². The molecule has 27 heavy (non-hydrogen) atoms. The standard InChI is InChI=1S/C24H30N2O/c1-18-20-10-11-25(16-19-6-3-2-4-7-19)17-22(18)24-21(20)8-5-9-23(24)26-12-14-27-15-13-26/h2-9,18,20,22H,10-17H2,1H3. The van der Waals surface area contributed by atoms with E-state index in [1.54, 1.807) is 11.1 Å². The molecule has 0 spiro atoms. The molecule has 3 atom stereocenters. The van der Waals surface area contributed by atoms with Crippen LogP contribution in [0.2, 0.25) is 0 Å². The fourth-order valence-corrected chi connectivity index (χ4v) is 5.56. The van der Waals surface area contributed by atoms with Crippen LogP contribution >= 0.6 is 0 Å². The molecule has 0 amide bonds. The van der Waals surface area contributed by atoms with E-state index in [-0.39, 0.29) is 0 Å². The Morgan fingerprint density at radius 2 is 1.74 bits per heavy atom. The number of fused-ring (bicyclic) bond motifs is 5. The van der Waals surface area contributed by atoms with Gasteiger partial charge in [0.2, 0.25) is 0 Å². The Morgan fingerprint density at radius 3 is 2.56 bits per heavy atom. The minimum absolute atomic E-state index is 0.648. The van der Waals surface area contributed by atoms with Gasteiger partial charge in [-0.3, -0.25) is 4.90 Å². The minimum atomic E-state index is 0.648. The molecule has 0 N–H and O–H groups in total. The molecule has 3 heteroatoms. The normalized spacial score (nSPS) is 28.0. The van der Waals surface area contributed by atoms with Crippen molar-refractivity contribution in [1.29, 1.82) is 0 Å². The highest BCUT2D eigenvalue weighted by molar-refractivity contribution is 5.62. The summed E-state index contributed by atoms with van der Waals surface area (Å²) in [4.78, 5) is 5.25. The summed E-state index contributed by atoms with van der Waals surface area (Å²) in [5, 5.41) is 0. The molecule has 3 nitrogen and oxygen atoms in total. The molecule has 2 aromatic rings. The van der Waals surface area contributed by atoms with Gasteiger partial charge in [0.25, 0.3) is 0 Å². The lowest BCUT2D eigenvalue weighted by Gasteiger charge is -2.34. The van der Waals surface area contributed by atoms with Gasteiger partial charge in [-0.15, -0.1) is 0 Å². The Kier molecular flexibility index (Phi) is 4.66. The van der Waals surface area contributed by atoms with Crippen LogP contribution < -0.4 is 4.90 Å². The monoisotopic (exact) mass is 362 g/mol. The van der Waals surface area contributed by atoms with Gasteiger partial charge in [0.1, 0.15) is 0 Å². The lowest BCUT2D eigenvalue weighted by Crippen LogP contribution is -2.37. The van der Waals surface area contributed by atoms with Crippen molar-refractivity contribution in [3.63, 3.8) is 0 Å². The van der Waals surface area contributed by atoms with Crippen LogP contribution in [0.3, 0.4) is 0 Å². The molecule has 3 unspecified atom stereocenters. The second-order valence-electron chi connectivity index (χ2n) is 8.46. The fraction of sp³-hybridized carbons (Fsp3) is 0.500. The van der Waals surface area contributed by atoms with Crippen molar-refractivity contribution in [2.75, 3.05) is 44.3 Å². The van der Waals surface area contributed by atoms with Crippen molar-refractivity contribution >= 4 is 5.69 Å². The summed E-state index contributed by atoms with van der Waals surface area (Å²) >= 11 is 0.